The highest BCUT2D eigenvalue weighted by molar-refractivity contribution is 7.99. The lowest BCUT2D eigenvalue weighted by Gasteiger charge is -2.13. The Morgan fingerprint density at radius 1 is 1.03 bits per heavy atom. The van der Waals surface area contributed by atoms with Gasteiger partial charge < -0.3 is 9.84 Å². The van der Waals surface area contributed by atoms with Crippen molar-refractivity contribution in [3.63, 3.8) is 0 Å². The van der Waals surface area contributed by atoms with E-state index in [0.717, 1.165) is 22.6 Å². The summed E-state index contributed by atoms with van der Waals surface area (Å²) in [4.78, 5) is 11.8. The Morgan fingerprint density at radius 3 is 2.47 bits per heavy atom. The fourth-order valence-electron chi connectivity index (χ4n) is 3.33. The molecule has 3 nitrogen and oxygen atoms in total. The maximum atomic E-state index is 10.7. The van der Waals surface area contributed by atoms with Crippen molar-refractivity contribution in [2.24, 2.45) is 0 Å². The van der Waals surface area contributed by atoms with Crippen LogP contribution in [0.3, 0.4) is 0 Å². The fraction of sp³-hybridized carbons (Fsp3) is 0.192. The number of aryl methyl sites for hydroxylation is 2. The van der Waals surface area contributed by atoms with Crippen LogP contribution in [-0.2, 0) is 11.2 Å². The number of rotatable bonds is 9. The summed E-state index contributed by atoms with van der Waals surface area (Å²) in [6, 6.07) is 24.8. The summed E-state index contributed by atoms with van der Waals surface area (Å²) in [6.45, 7) is 3.88. The minimum atomic E-state index is -0.975. The van der Waals surface area contributed by atoms with Crippen LogP contribution < -0.4 is 4.74 Å². The lowest BCUT2D eigenvalue weighted by atomic mass is 9.93. The summed E-state index contributed by atoms with van der Waals surface area (Å²) in [7, 11) is 0. The molecule has 0 aliphatic heterocycles. The third kappa shape index (κ3) is 5.77. The molecule has 0 atom stereocenters. The molecule has 0 saturated carbocycles. The van der Waals surface area contributed by atoms with Crippen molar-refractivity contribution < 1.29 is 14.6 Å². The Kier molecular flexibility index (Phi) is 7.75. The summed E-state index contributed by atoms with van der Waals surface area (Å²) in [5.74, 6) is 0.437. The molecule has 0 fully saturated rings. The summed E-state index contributed by atoms with van der Waals surface area (Å²) >= 11 is 1.76. The Labute approximate surface area is 182 Å². The van der Waals surface area contributed by atoms with Gasteiger partial charge in [0.05, 0.1) is 0 Å². The van der Waals surface area contributed by atoms with Gasteiger partial charge >= 0.3 is 5.97 Å². The van der Waals surface area contributed by atoms with Crippen LogP contribution >= 0.6 is 11.8 Å². The van der Waals surface area contributed by atoms with Crippen LogP contribution in [-0.4, -0.2) is 23.4 Å². The molecule has 0 radical (unpaired) electrons. The number of hydrogen-bond acceptors (Lipinski definition) is 3. The zero-order valence-electron chi connectivity index (χ0n) is 17.3. The van der Waals surface area contributed by atoms with E-state index in [9.17, 15) is 4.79 Å². The van der Waals surface area contributed by atoms with Crippen LogP contribution in [0.5, 0.6) is 5.75 Å². The van der Waals surface area contributed by atoms with Gasteiger partial charge in [0.25, 0.3) is 0 Å². The maximum Gasteiger partial charge on any atom is 0.341 e. The predicted octanol–water partition coefficient (Wildman–Crippen LogP) is 6.24. The van der Waals surface area contributed by atoms with Gasteiger partial charge in [-0.1, -0.05) is 67.6 Å². The Bertz CT molecular complexity index is 1030. The summed E-state index contributed by atoms with van der Waals surface area (Å²) in [5, 5.41) is 8.76. The van der Waals surface area contributed by atoms with Crippen LogP contribution in [0.4, 0.5) is 0 Å². The van der Waals surface area contributed by atoms with E-state index in [1.54, 1.807) is 11.8 Å². The standard InChI is InChI=1S/C26H26O3S/c1-3-20-9-7-8-12-23(20)24(21-10-5-4-6-11-21)15-16-30-25-14-13-22(17-19(25)2)29-18-26(27)28/h4-15,17H,3,16,18H2,1-2H3,(H,27,28)/b24-15-. The number of benzene rings is 3. The highest BCUT2D eigenvalue weighted by atomic mass is 32.2. The first-order valence-corrected chi connectivity index (χ1v) is 11.0. The molecule has 0 spiro atoms. The number of thioether (sulfide) groups is 1. The molecular formula is C26H26O3S. The first-order valence-electron chi connectivity index (χ1n) is 10.0. The van der Waals surface area contributed by atoms with Crippen molar-refractivity contribution in [1.29, 1.82) is 0 Å². The summed E-state index contributed by atoms with van der Waals surface area (Å²) < 4.78 is 5.27. The van der Waals surface area contributed by atoms with Crippen molar-refractivity contribution in [3.05, 3.63) is 101 Å². The first kappa shape index (κ1) is 21.7. The van der Waals surface area contributed by atoms with E-state index in [4.69, 9.17) is 9.84 Å². The average Bonchev–Trinajstić information content (AvgIpc) is 2.77. The van der Waals surface area contributed by atoms with Crippen molar-refractivity contribution in [2.45, 2.75) is 25.2 Å². The molecule has 0 heterocycles. The highest BCUT2D eigenvalue weighted by Crippen LogP contribution is 2.30. The normalized spacial score (nSPS) is 11.3. The van der Waals surface area contributed by atoms with Crippen LogP contribution in [0.15, 0.2) is 83.8 Å². The molecule has 0 aromatic heterocycles. The molecule has 154 valence electrons. The van der Waals surface area contributed by atoms with Gasteiger partial charge in [-0.2, -0.15) is 0 Å². The Balaban J connectivity index is 1.81. The van der Waals surface area contributed by atoms with Gasteiger partial charge in [0.2, 0.25) is 0 Å². The fourth-order valence-corrected chi connectivity index (χ4v) is 4.21. The third-order valence-electron chi connectivity index (χ3n) is 4.81. The van der Waals surface area contributed by atoms with Crippen molar-refractivity contribution in [3.8, 4) is 5.75 Å². The number of carbonyl (C=O) groups is 1. The third-order valence-corrected chi connectivity index (χ3v) is 5.91. The second-order valence-electron chi connectivity index (χ2n) is 6.92. The second kappa shape index (κ2) is 10.7. The molecule has 0 amide bonds. The number of ether oxygens (including phenoxy) is 1. The predicted molar refractivity (Wildman–Crippen MR) is 124 cm³/mol. The molecule has 3 rings (SSSR count). The second-order valence-corrected chi connectivity index (χ2v) is 7.98. The quantitative estimate of drug-likeness (QED) is 0.418. The topological polar surface area (TPSA) is 46.5 Å². The molecule has 0 bridgehead atoms. The Morgan fingerprint density at radius 2 is 1.77 bits per heavy atom. The van der Waals surface area contributed by atoms with Crippen LogP contribution in [0.1, 0.15) is 29.2 Å². The van der Waals surface area contributed by atoms with Crippen molar-refractivity contribution in [1.82, 2.24) is 0 Å². The number of carboxylic acids is 1. The molecule has 3 aromatic carbocycles. The monoisotopic (exact) mass is 418 g/mol. The van der Waals surface area contributed by atoms with E-state index in [2.05, 4.69) is 61.5 Å². The van der Waals surface area contributed by atoms with Crippen molar-refractivity contribution >= 4 is 23.3 Å². The van der Waals surface area contributed by atoms with Crippen LogP contribution in [0, 0.1) is 6.92 Å². The van der Waals surface area contributed by atoms with Crippen molar-refractivity contribution in [2.75, 3.05) is 12.4 Å². The first-order chi connectivity index (χ1) is 14.6. The zero-order chi connectivity index (χ0) is 21.3. The van der Waals surface area contributed by atoms with Gasteiger partial charge in [-0.05, 0) is 59.4 Å². The molecule has 4 heteroatoms. The minimum Gasteiger partial charge on any atom is -0.482 e. The number of hydrogen-bond donors (Lipinski definition) is 1. The molecule has 0 saturated heterocycles. The Hall–Kier alpha value is -2.98. The lowest BCUT2D eigenvalue weighted by Crippen LogP contribution is -2.09. The number of carboxylic acid groups (broad SMARTS) is 1. The molecule has 1 N–H and O–H groups in total. The molecular weight excluding hydrogens is 392 g/mol. The van der Waals surface area contributed by atoms with E-state index in [1.165, 1.54) is 22.3 Å². The number of aliphatic carboxylic acids is 1. The van der Waals surface area contributed by atoms with Gasteiger partial charge in [0.15, 0.2) is 6.61 Å². The molecule has 0 aliphatic carbocycles. The summed E-state index contributed by atoms with van der Waals surface area (Å²) in [5.41, 5.74) is 6.16. The molecule has 0 unspecified atom stereocenters. The highest BCUT2D eigenvalue weighted by Gasteiger charge is 2.09. The van der Waals surface area contributed by atoms with Crippen LogP contribution in [0.25, 0.3) is 5.57 Å². The maximum absolute atomic E-state index is 10.7. The van der Waals surface area contributed by atoms with E-state index in [0.29, 0.717) is 5.75 Å². The van der Waals surface area contributed by atoms with E-state index in [-0.39, 0.29) is 6.61 Å². The van der Waals surface area contributed by atoms with E-state index < -0.39 is 5.97 Å². The molecule has 30 heavy (non-hydrogen) atoms. The van der Waals surface area contributed by atoms with Gasteiger partial charge in [-0.3, -0.25) is 0 Å². The van der Waals surface area contributed by atoms with Crippen LogP contribution in [0.2, 0.25) is 0 Å². The zero-order valence-corrected chi connectivity index (χ0v) is 18.1. The SMILES string of the molecule is CCc1ccccc1/C(=C\CSc1ccc(OCC(=O)O)cc1C)c1ccccc1. The van der Waals surface area contributed by atoms with Gasteiger partial charge in [-0.25, -0.2) is 4.79 Å². The minimum absolute atomic E-state index is 0.327. The lowest BCUT2D eigenvalue weighted by molar-refractivity contribution is -0.139. The largest absolute Gasteiger partial charge is 0.482 e. The van der Waals surface area contributed by atoms with Gasteiger partial charge in [0, 0.05) is 10.6 Å². The smallest absolute Gasteiger partial charge is 0.341 e. The van der Waals surface area contributed by atoms with E-state index in [1.807, 2.05) is 31.2 Å². The molecule has 3 aromatic rings. The van der Waals surface area contributed by atoms with Gasteiger partial charge in [0.1, 0.15) is 5.75 Å². The van der Waals surface area contributed by atoms with Gasteiger partial charge in [-0.15, -0.1) is 11.8 Å². The summed E-state index contributed by atoms with van der Waals surface area (Å²) in [6.07, 6.45) is 3.28. The average molecular weight is 419 g/mol. The van der Waals surface area contributed by atoms with E-state index >= 15 is 0 Å². The molecule has 0 aliphatic rings.